The normalized spacial score (nSPS) is 15.8. The van der Waals surface area contributed by atoms with Gasteiger partial charge in [-0.05, 0) is 30.3 Å². The average Bonchev–Trinajstić information content (AvgIpc) is 3.04. The van der Waals surface area contributed by atoms with Gasteiger partial charge in [0.15, 0.2) is 0 Å². The van der Waals surface area contributed by atoms with Crippen LogP contribution in [-0.4, -0.2) is 40.1 Å². The molecule has 1 aliphatic rings. The van der Waals surface area contributed by atoms with Crippen molar-refractivity contribution in [3.05, 3.63) is 35.7 Å². The van der Waals surface area contributed by atoms with Crippen LogP contribution in [-0.2, 0) is 0 Å². The van der Waals surface area contributed by atoms with Crippen molar-refractivity contribution in [3.63, 3.8) is 0 Å². The van der Waals surface area contributed by atoms with Gasteiger partial charge in [0.05, 0.1) is 5.69 Å². The Kier molecular flexibility index (Phi) is 4.70. The summed E-state index contributed by atoms with van der Waals surface area (Å²) in [6.07, 6.45) is 1.72. The van der Waals surface area contributed by atoms with Gasteiger partial charge >= 0.3 is 6.03 Å². The van der Waals surface area contributed by atoms with Crippen LogP contribution in [0.15, 0.2) is 35.7 Å². The van der Waals surface area contributed by atoms with E-state index in [1.165, 1.54) is 11.5 Å². The Balaban J connectivity index is 1.67. The second-order valence-electron chi connectivity index (χ2n) is 5.49. The van der Waals surface area contributed by atoms with Crippen molar-refractivity contribution in [2.45, 2.75) is 12.8 Å². The third-order valence-corrected chi connectivity index (χ3v) is 4.65. The van der Waals surface area contributed by atoms with Crippen LogP contribution in [0.5, 0.6) is 0 Å². The second kappa shape index (κ2) is 6.89. The van der Waals surface area contributed by atoms with Crippen LogP contribution in [0.2, 0.25) is 0 Å². The van der Waals surface area contributed by atoms with Crippen molar-refractivity contribution in [3.8, 4) is 11.3 Å². The lowest BCUT2D eigenvalue weighted by atomic mass is 9.98. The summed E-state index contributed by atoms with van der Waals surface area (Å²) in [4.78, 5) is 14.2. The Hall–Kier alpha value is -1.92. The van der Waals surface area contributed by atoms with Gasteiger partial charge in [0.2, 0.25) is 0 Å². The number of hydrogen-bond acceptors (Lipinski definition) is 4. The molecule has 0 bridgehead atoms. The van der Waals surface area contributed by atoms with Crippen molar-refractivity contribution in [2.24, 2.45) is 5.92 Å². The van der Waals surface area contributed by atoms with Gasteiger partial charge in [-0.2, -0.15) is 4.37 Å². The number of rotatable bonds is 3. The maximum absolute atomic E-state index is 12.4. The molecule has 2 amide bonds. The Morgan fingerprint density at radius 3 is 2.73 bits per heavy atom. The van der Waals surface area contributed by atoms with E-state index in [0.29, 0.717) is 19.0 Å². The molecule has 0 spiro atoms. The fraction of sp³-hybridized carbons (Fsp3) is 0.375. The quantitative estimate of drug-likeness (QED) is 0.914. The zero-order chi connectivity index (χ0) is 15.4. The van der Waals surface area contributed by atoms with Gasteiger partial charge in [-0.3, -0.25) is 0 Å². The fourth-order valence-electron chi connectivity index (χ4n) is 2.64. The Morgan fingerprint density at radius 1 is 1.32 bits per heavy atom. The summed E-state index contributed by atoms with van der Waals surface area (Å²) < 4.78 is 4.39. The number of carbonyl (C=O) groups excluding carboxylic acids is 1. The Morgan fingerprint density at radius 2 is 2.05 bits per heavy atom. The molecule has 0 saturated carbocycles. The summed E-state index contributed by atoms with van der Waals surface area (Å²) in [6.45, 7) is 1.59. The van der Waals surface area contributed by atoms with Gasteiger partial charge in [0.25, 0.3) is 0 Å². The van der Waals surface area contributed by atoms with E-state index >= 15 is 0 Å². The molecule has 2 N–H and O–H groups in total. The van der Waals surface area contributed by atoms with Crippen molar-refractivity contribution in [1.29, 1.82) is 0 Å². The predicted molar refractivity (Wildman–Crippen MR) is 88.0 cm³/mol. The van der Waals surface area contributed by atoms with Gasteiger partial charge < -0.3 is 15.3 Å². The molecule has 1 aromatic heterocycles. The van der Waals surface area contributed by atoms with Crippen molar-refractivity contribution in [1.82, 2.24) is 9.27 Å². The van der Waals surface area contributed by atoms with Gasteiger partial charge in [-0.1, -0.05) is 30.3 Å². The van der Waals surface area contributed by atoms with E-state index in [4.69, 9.17) is 5.11 Å². The molecule has 0 aliphatic carbocycles. The molecule has 1 aromatic carbocycles. The number of carbonyl (C=O) groups is 1. The largest absolute Gasteiger partial charge is 0.396 e. The maximum atomic E-state index is 12.4. The highest BCUT2D eigenvalue weighted by molar-refractivity contribution is 7.04. The molecule has 6 heteroatoms. The Bertz CT molecular complexity index is 621. The molecule has 1 fully saturated rings. The van der Waals surface area contributed by atoms with E-state index in [-0.39, 0.29) is 12.6 Å². The van der Waals surface area contributed by atoms with Gasteiger partial charge in [-0.15, -0.1) is 0 Å². The number of amides is 2. The van der Waals surface area contributed by atoms with Gasteiger partial charge in [0, 0.05) is 30.6 Å². The highest BCUT2D eigenvalue weighted by Crippen LogP contribution is 2.28. The number of nitrogens with zero attached hydrogens (tertiary/aromatic N) is 2. The molecule has 0 atom stereocenters. The monoisotopic (exact) mass is 317 g/mol. The zero-order valence-electron chi connectivity index (χ0n) is 12.2. The van der Waals surface area contributed by atoms with Crippen molar-refractivity contribution in [2.75, 3.05) is 25.0 Å². The van der Waals surface area contributed by atoms with E-state index in [2.05, 4.69) is 9.69 Å². The molecular formula is C16H19N3O2S. The number of nitrogens with one attached hydrogen (secondary N) is 1. The number of aliphatic hydroxyl groups excluding tert-OH is 1. The number of benzene rings is 1. The zero-order valence-corrected chi connectivity index (χ0v) is 13.1. The van der Waals surface area contributed by atoms with Crippen molar-refractivity contribution >= 4 is 23.3 Å². The first-order valence-electron chi connectivity index (χ1n) is 7.44. The summed E-state index contributed by atoms with van der Waals surface area (Å²) in [5.74, 6) is 0.326. The van der Waals surface area contributed by atoms with E-state index in [9.17, 15) is 4.79 Å². The minimum absolute atomic E-state index is 0.0891. The van der Waals surface area contributed by atoms with Crippen LogP contribution in [0.1, 0.15) is 12.8 Å². The summed E-state index contributed by atoms with van der Waals surface area (Å²) in [7, 11) is 0. The smallest absolute Gasteiger partial charge is 0.321 e. The summed E-state index contributed by atoms with van der Waals surface area (Å²) in [6, 6.07) is 9.75. The van der Waals surface area contributed by atoms with Gasteiger partial charge in [0.1, 0.15) is 5.69 Å². The number of aliphatic hydroxyl groups is 1. The number of aromatic nitrogens is 1. The predicted octanol–water partition coefficient (Wildman–Crippen LogP) is 3.05. The number of piperidine rings is 1. The first-order chi connectivity index (χ1) is 10.8. The molecule has 5 nitrogen and oxygen atoms in total. The minimum atomic E-state index is -0.0891. The molecule has 0 unspecified atom stereocenters. The number of urea groups is 1. The molecule has 116 valence electrons. The number of hydrogen-bond donors (Lipinski definition) is 2. The minimum Gasteiger partial charge on any atom is -0.396 e. The molecule has 1 aliphatic heterocycles. The van der Waals surface area contributed by atoms with E-state index in [0.717, 1.165) is 29.8 Å². The average molecular weight is 317 g/mol. The second-order valence-corrected chi connectivity index (χ2v) is 6.12. The first kappa shape index (κ1) is 15.0. The van der Waals surface area contributed by atoms with E-state index in [1.54, 1.807) is 4.90 Å². The van der Waals surface area contributed by atoms with Crippen LogP contribution in [0.3, 0.4) is 0 Å². The fourth-order valence-corrected chi connectivity index (χ4v) is 3.28. The molecule has 1 saturated heterocycles. The Labute approximate surface area is 133 Å². The molecular weight excluding hydrogens is 298 g/mol. The van der Waals surface area contributed by atoms with Crippen LogP contribution < -0.4 is 5.32 Å². The third-order valence-electron chi connectivity index (χ3n) is 4.02. The highest BCUT2D eigenvalue weighted by atomic mass is 32.1. The van der Waals surface area contributed by atoms with Crippen LogP contribution in [0.4, 0.5) is 10.5 Å². The molecule has 3 rings (SSSR count). The van der Waals surface area contributed by atoms with Gasteiger partial charge in [-0.25, -0.2) is 4.79 Å². The summed E-state index contributed by atoms with van der Waals surface area (Å²) in [5.41, 5.74) is 2.56. The van der Waals surface area contributed by atoms with E-state index in [1.807, 2.05) is 35.7 Å². The number of anilines is 1. The van der Waals surface area contributed by atoms with Crippen LogP contribution in [0.25, 0.3) is 11.3 Å². The van der Waals surface area contributed by atoms with Crippen LogP contribution in [0, 0.1) is 5.92 Å². The molecule has 0 radical (unpaired) electrons. The molecule has 22 heavy (non-hydrogen) atoms. The lowest BCUT2D eigenvalue weighted by Gasteiger charge is -2.31. The highest BCUT2D eigenvalue weighted by Gasteiger charge is 2.23. The van der Waals surface area contributed by atoms with Crippen LogP contribution >= 0.6 is 11.5 Å². The maximum Gasteiger partial charge on any atom is 0.321 e. The molecule has 2 heterocycles. The lowest BCUT2D eigenvalue weighted by molar-refractivity contribution is 0.143. The lowest BCUT2D eigenvalue weighted by Crippen LogP contribution is -2.41. The summed E-state index contributed by atoms with van der Waals surface area (Å²) >= 11 is 1.34. The topological polar surface area (TPSA) is 65.5 Å². The summed E-state index contributed by atoms with van der Waals surface area (Å²) in [5, 5.41) is 14.0. The standard InChI is InChI=1S/C16H19N3O2S/c20-10-12-6-8-19(9-7-12)16(21)17-14-11-22-18-15(14)13-4-2-1-3-5-13/h1-5,11-12,20H,6-10H2,(H,17,21). The first-order valence-corrected chi connectivity index (χ1v) is 8.28. The molecule has 2 aromatic rings. The number of likely N-dealkylation sites (tertiary alicyclic amines) is 1. The van der Waals surface area contributed by atoms with E-state index < -0.39 is 0 Å². The third kappa shape index (κ3) is 3.28. The SMILES string of the molecule is O=C(Nc1csnc1-c1ccccc1)N1CCC(CO)CC1. The van der Waals surface area contributed by atoms with Crippen molar-refractivity contribution < 1.29 is 9.90 Å².